The summed E-state index contributed by atoms with van der Waals surface area (Å²) < 4.78 is 5.69. The van der Waals surface area contributed by atoms with Crippen LogP contribution in [0.4, 0.5) is 5.69 Å². The number of carbonyl (C=O) groups is 2. The molecule has 2 aromatic carbocycles. The van der Waals surface area contributed by atoms with Gasteiger partial charge in [0.25, 0.3) is 5.91 Å². The molecule has 0 saturated carbocycles. The zero-order valence-electron chi connectivity index (χ0n) is 14.7. The zero-order chi connectivity index (χ0) is 18.4. The van der Waals surface area contributed by atoms with Crippen molar-refractivity contribution in [3.05, 3.63) is 59.7 Å². The molecule has 132 valence electrons. The summed E-state index contributed by atoms with van der Waals surface area (Å²) in [5, 5.41) is 11.7. The second-order valence-corrected chi connectivity index (χ2v) is 6.81. The molecule has 2 N–H and O–H groups in total. The molecule has 0 aliphatic rings. The molecule has 2 rings (SSSR count). The second kappa shape index (κ2) is 7.83. The van der Waals surface area contributed by atoms with E-state index in [0.717, 1.165) is 5.56 Å². The quantitative estimate of drug-likeness (QED) is 0.841. The number of para-hydroxylation sites is 2. The Morgan fingerprint density at radius 1 is 1.04 bits per heavy atom. The Balaban J connectivity index is 2.05. The number of hydrogen-bond acceptors (Lipinski definition) is 3. The molecule has 0 aromatic heterocycles. The van der Waals surface area contributed by atoms with Gasteiger partial charge in [-0.3, -0.25) is 9.59 Å². The lowest BCUT2D eigenvalue weighted by Crippen LogP contribution is -2.22. The highest BCUT2D eigenvalue weighted by atomic mass is 16.5. The molecule has 2 aromatic rings. The number of hydrogen-bond donors (Lipinski definition) is 2. The van der Waals surface area contributed by atoms with Crippen LogP contribution in [0.3, 0.4) is 0 Å². The summed E-state index contributed by atoms with van der Waals surface area (Å²) >= 11 is 0. The molecule has 0 fully saturated rings. The average molecular weight is 341 g/mol. The van der Waals surface area contributed by atoms with Gasteiger partial charge in [0.05, 0.1) is 6.42 Å². The minimum Gasteiger partial charge on any atom is -0.483 e. The molecule has 0 unspecified atom stereocenters. The van der Waals surface area contributed by atoms with Crippen molar-refractivity contribution in [2.75, 3.05) is 11.9 Å². The Morgan fingerprint density at radius 3 is 2.36 bits per heavy atom. The minimum atomic E-state index is -0.947. The van der Waals surface area contributed by atoms with Gasteiger partial charge in [-0.05, 0) is 28.7 Å². The molecule has 5 nitrogen and oxygen atoms in total. The van der Waals surface area contributed by atoms with E-state index < -0.39 is 5.97 Å². The third kappa shape index (κ3) is 5.35. The SMILES string of the molecule is CC(C)(C)c1ccccc1OCC(=O)Nc1ccccc1CC(=O)O. The highest BCUT2D eigenvalue weighted by molar-refractivity contribution is 5.93. The smallest absolute Gasteiger partial charge is 0.307 e. The molecule has 25 heavy (non-hydrogen) atoms. The maximum absolute atomic E-state index is 12.2. The largest absolute Gasteiger partial charge is 0.483 e. The van der Waals surface area contributed by atoms with E-state index in [9.17, 15) is 9.59 Å². The van der Waals surface area contributed by atoms with E-state index in [-0.39, 0.29) is 24.3 Å². The van der Waals surface area contributed by atoms with Gasteiger partial charge in [0, 0.05) is 5.69 Å². The van der Waals surface area contributed by atoms with Crippen LogP contribution in [0.5, 0.6) is 5.75 Å². The summed E-state index contributed by atoms with van der Waals surface area (Å²) in [6, 6.07) is 14.5. The standard InChI is InChI=1S/C20H23NO4/c1-20(2,3)15-9-5-7-11-17(15)25-13-18(22)21-16-10-6-4-8-14(16)12-19(23)24/h4-11H,12-13H2,1-3H3,(H,21,22)(H,23,24). The Morgan fingerprint density at radius 2 is 1.68 bits per heavy atom. The van der Waals surface area contributed by atoms with Crippen LogP contribution in [0.2, 0.25) is 0 Å². The summed E-state index contributed by atoms with van der Waals surface area (Å²) in [6.07, 6.45) is -0.149. The van der Waals surface area contributed by atoms with Gasteiger partial charge >= 0.3 is 5.97 Å². The van der Waals surface area contributed by atoms with E-state index in [1.807, 2.05) is 24.3 Å². The van der Waals surface area contributed by atoms with Gasteiger partial charge in [-0.1, -0.05) is 57.2 Å². The molecule has 1 amide bonds. The monoisotopic (exact) mass is 341 g/mol. The lowest BCUT2D eigenvalue weighted by atomic mass is 9.86. The number of amides is 1. The number of anilines is 1. The third-order valence-electron chi connectivity index (χ3n) is 3.69. The number of aliphatic carboxylic acids is 1. The number of carboxylic acids is 1. The molecule has 0 atom stereocenters. The lowest BCUT2D eigenvalue weighted by molar-refractivity contribution is -0.136. The average Bonchev–Trinajstić information content (AvgIpc) is 2.54. The van der Waals surface area contributed by atoms with Crippen molar-refractivity contribution in [2.45, 2.75) is 32.6 Å². The van der Waals surface area contributed by atoms with Crippen molar-refractivity contribution in [1.82, 2.24) is 0 Å². The molecule has 5 heteroatoms. The van der Waals surface area contributed by atoms with Crippen LogP contribution in [-0.4, -0.2) is 23.6 Å². The second-order valence-electron chi connectivity index (χ2n) is 6.81. The first-order valence-corrected chi connectivity index (χ1v) is 8.09. The Kier molecular flexibility index (Phi) is 5.80. The zero-order valence-corrected chi connectivity index (χ0v) is 14.7. The van der Waals surface area contributed by atoms with Gasteiger partial charge in [0.15, 0.2) is 6.61 Å². The fourth-order valence-corrected chi connectivity index (χ4v) is 2.50. The molecule has 0 radical (unpaired) electrons. The number of carboxylic acid groups (broad SMARTS) is 1. The molecule has 0 bridgehead atoms. The number of carbonyl (C=O) groups excluding carboxylic acids is 1. The van der Waals surface area contributed by atoms with Crippen molar-refractivity contribution in [3.63, 3.8) is 0 Å². The first kappa shape index (κ1) is 18.5. The van der Waals surface area contributed by atoms with Crippen molar-refractivity contribution in [2.24, 2.45) is 0 Å². The molecule has 0 aliphatic carbocycles. The summed E-state index contributed by atoms with van der Waals surface area (Å²) in [7, 11) is 0. The molecular formula is C20H23NO4. The highest BCUT2D eigenvalue weighted by Gasteiger charge is 2.19. The first-order valence-electron chi connectivity index (χ1n) is 8.09. The van der Waals surface area contributed by atoms with Crippen molar-refractivity contribution in [3.8, 4) is 5.75 Å². The van der Waals surface area contributed by atoms with Crippen LogP contribution in [-0.2, 0) is 21.4 Å². The molecule has 0 saturated heterocycles. The van der Waals surface area contributed by atoms with Crippen LogP contribution in [0, 0.1) is 0 Å². The van der Waals surface area contributed by atoms with Crippen molar-refractivity contribution < 1.29 is 19.4 Å². The predicted molar refractivity (Wildman–Crippen MR) is 97.0 cm³/mol. The van der Waals surface area contributed by atoms with Gasteiger partial charge in [-0.2, -0.15) is 0 Å². The molecule has 0 aliphatic heterocycles. The maximum atomic E-state index is 12.2. The number of rotatable bonds is 6. The molecular weight excluding hydrogens is 318 g/mol. The van der Waals surface area contributed by atoms with Crippen LogP contribution in [0.15, 0.2) is 48.5 Å². The van der Waals surface area contributed by atoms with E-state index in [0.29, 0.717) is 17.0 Å². The summed E-state index contributed by atoms with van der Waals surface area (Å²) in [4.78, 5) is 23.1. The van der Waals surface area contributed by atoms with Gasteiger partial charge in [0.2, 0.25) is 0 Å². The Bertz CT molecular complexity index is 762. The van der Waals surface area contributed by atoms with Gasteiger partial charge < -0.3 is 15.2 Å². The Hall–Kier alpha value is -2.82. The maximum Gasteiger partial charge on any atom is 0.307 e. The van der Waals surface area contributed by atoms with Gasteiger partial charge in [0.1, 0.15) is 5.75 Å². The van der Waals surface area contributed by atoms with E-state index in [4.69, 9.17) is 9.84 Å². The fraction of sp³-hybridized carbons (Fsp3) is 0.300. The fourth-order valence-electron chi connectivity index (χ4n) is 2.50. The van der Waals surface area contributed by atoms with Crippen molar-refractivity contribution >= 4 is 17.6 Å². The van der Waals surface area contributed by atoms with Gasteiger partial charge in [-0.15, -0.1) is 0 Å². The molecule has 0 spiro atoms. The van der Waals surface area contributed by atoms with Crippen LogP contribution >= 0.6 is 0 Å². The van der Waals surface area contributed by atoms with Crippen molar-refractivity contribution in [1.29, 1.82) is 0 Å². The third-order valence-corrected chi connectivity index (χ3v) is 3.69. The van der Waals surface area contributed by atoms with E-state index >= 15 is 0 Å². The lowest BCUT2D eigenvalue weighted by Gasteiger charge is -2.22. The number of ether oxygens (including phenoxy) is 1. The number of benzene rings is 2. The van der Waals surface area contributed by atoms with Crippen LogP contribution < -0.4 is 10.1 Å². The topological polar surface area (TPSA) is 75.6 Å². The highest BCUT2D eigenvalue weighted by Crippen LogP contribution is 2.30. The summed E-state index contributed by atoms with van der Waals surface area (Å²) in [5.74, 6) is -0.609. The Labute approximate surface area is 147 Å². The first-order chi connectivity index (χ1) is 11.8. The summed E-state index contributed by atoms with van der Waals surface area (Å²) in [5.41, 5.74) is 1.97. The van der Waals surface area contributed by atoms with E-state index in [2.05, 4.69) is 26.1 Å². The van der Waals surface area contributed by atoms with E-state index in [1.54, 1.807) is 24.3 Å². The van der Waals surface area contributed by atoms with Crippen LogP contribution in [0.25, 0.3) is 0 Å². The minimum absolute atomic E-state index is 0.0961. The summed E-state index contributed by atoms with van der Waals surface area (Å²) in [6.45, 7) is 6.10. The number of nitrogens with one attached hydrogen (secondary N) is 1. The predicted octanol–water partition coefficient (Wildman–Crippen LogP) is 3.63. The molecule has 0 heterocycles. The normalized spacial score (nSPS) is 11.0. The van der Waals surface area contributed by atoms with Crippen LogP contribution in [0.1, 0.15) is 31.9 Å². The van der Waals surface area contributed by atoms with E-state index in [1.165, 1.54) is 0 Å². The van der Waals surface area contributed by atoms with Gasteiger partial charge in [-0.25, -0.2) is 0 Å².